The molecule has 0 bridgehead atoms. The Bertz CT molecular complexity index is 1840. The molecule has 2 aliphatic heterocycles. The molecule has 0 spiro atoms. The van der Waals surface area contributed by atoms with Crippen LogP contribution in [-0.2, 0) is 35.1 Å². The molecule has 0 aliphatic carbocycles. The molecule has 0 radical (unpaired) electrons. The van der Waals surface area contributed by atoms with E-state index in [1.807, 2.05) is 0 Å². The fraction of sp³-hybridized carbons (Fsp3) is 0.423. The van der Waals surface area contributed by atoms with Crippen LogP contribution in [-0.4, -0.2) is 95.0 Å². The van der Waals surface area contributed by atoms with Crippen molar-refractivity contribution in [1.29, 1.82) is 0 Å². The normalized spacial score (nSPS) is 28.0. The van der Waals surface area contributed by atoms with Crippen LogP contribution < -0.4 is 17.0 Å². The van der Waals surface area contributed by atoms with Gasteiger partial charge in [0.1, 0.15) is 42.5 Å². The number of aliphatic hydroxyl groups is 2. The summed E-state index contributed by atoms with van der Waals surface area (Å²) in [6.07, 6.45) is -2.82. The van der Waals surface area contributed by atoms with Crippen LogP contribution in [0.5, 0.6) is 0 Å². The molecule has 240 valence electrons. The van der Waals surface area contributed by atoms with E-state index in [1.165, 1.54) is 30.5 Å². The van der Waals surface area contributed by atoms with Crippen LogP contribution in [0.25, 0.3) is 22.3 Å². The Morgan fingerprint density at radius 3 is 2.67 bits per heavy atom. The first-order chi connectivity index (χ1) is 21.6. The Morgan fingerprint density at radius 2 is 1.93 bits per heavy atom. The van der Waals surface area contributed by atoms with Gasteiger partial charge in [0.15, 0.2) is 17.7 Å². The summed E-state index contributed by atoms with van der Waals surface area (Å²) in [7, 11) is 1.40. The van der Waals surface area contributed by atoms with E-state index in [0.717, 1.165) is 0 Å². The topological polar surface area (TPSA) is 231 Å². The van der Waals surface area contributed by atoms with Crippen LogP contribution >= 0.6 is 6.72 Å². The highest BCUT2D eigenvalue weighted by Crippen LogP contribution is 2.49. The molecule has 3 unspecified atom stereocenters. The van der Waals surface area contributed by atoms with Gasteiger partial charge in [-0.05, 0) is 17.4 Å². The minimum absolute atomic E-state index is 0.0111. The summed E-state index contributed by atoms with van der Waals surface area (Å²) in [5.41, 5.74) is 6.12. The van der Waals surface area contributed by atoms with Crippen LogP contribution in [0.4, 0.5) is 5.82 Å². The highest BCUT2D eigenvalue weighted by atomic mass is 32.5. The predicted molar refractivity (Wildman–Crippen MR) is 160 cm³/mol. The number of nitrogen functional groups attached to an aromatic ring is 1. The molecule has 2 fully saturated rings. The fourth-order valence-corrected chi connectivity index (χ4v) is 6.90. The van der Waals surface area contributed by atoms with Gasteiger partial charge in [-0.1, -0.05) is 30.3 Å². The number of nitrogens with two attached hydrogens (primary N) is 1. The summed E-state index contributed by atoms with van der Waals surface area (Å²) in [6, 6.07) is 8.75. The molecular weight excluding hydrogens is 633 g/mol. The predicted octanol–water partition coefficient (Wildman–Crippen LogP) is -0.203. The van der Waals surface area contributed by atoms with Crippen molar-refractivity contribution in [2.45, 2.75) is 49.4 Å². The first kappa shape index (κ1) is 31.6. The maximum absolute atomic E-state index is 12.7. The van der Waals surface area contributed by atoms with Gasteiger partial charge in [-0.15, -0.1) is 0 Å². The molecule has 4 aromatic rings. The lowest BCUT2D eigenvalue weighted by Crippen LogP contribution is -2.35. The number of methoxy groups -OCH3 is 1. The lowest BCUT2D eigenvalue weighted by atomic mass is 10.1. The minimum Gasteiger partial charge on any atom is -0.394 e. The molecule has 1 aromatic carbocycles. The van der Waals surface area contributed by atoms with Gasteiger partial charge in [0, 0.05) is 19.7 Å². The van der Waals surface area contributed by atoms with Crippen LogP contribution in [0.1, 0.15) is 18.9 Å². The summed E-state index contributed by atoms with van der Waals surface area (Å²) in [6.45, 7) is -4.91. The molecule has 3 aromatic heterocycles. The zero-order valence-corrected chi connectivity index (χ0v) is 25.4. The van der Waals surface area contributed by atoms with Gasteiger partial charge in [0.05, 0.1) is 31.2 Å². The molecule has 6 rings (SSSR count). The van der Waals surface area contributed by atoms with Crippen molar-refractivity contribution >= 4 is 35.5 Å². The summed E-state index contributed by atoms with van der Waals surface area (Å²) in [4.78, 5) is 50.7. The SMILES string of the molecule is CO[C@H]1C(O)[C@@H](COP(O)(=S)OC2C[C@H](n3cc(-c4ccccc4)c(=O)[nH]c3=O)O[C@@H]2CO)O[C@H]1n1cnc2c(N)ncnc21. The lowest BCUT2D eigenvalue weighted by molar-refractivity contribution is -0.0599. The second-order valence-corrected chi connectivity index (χ2v) is 13.2. The number of fused-ring (bicyclic) bond motifs is 1. The average molecular weight is 664 g/mol. The van der Waals surface area contributed by atoms with Crippen molar-refractivity contribution in [3.05, 3.63) is 70.0 Å². The number of anilines is 1. The number of nitrogens with zero attached hydrogens (tertiary/aromatic N) is 5. The van der Waals surface area contributed by atoms with Crippen molar-refractivity contribution in [3.63, 3.8) is 0 Å². The fourth-order valence-electron chi connectivity index (χ4n) is 5.43. The molecule has 8 atom stereocenters. The molecule has 2 aliphatic rings. The van der Waals surface area contributed by atoms with E-state index in [1.54, 1.807) is 34.9 Å². The first-order valence-electron chi connectivity index (χ1n) is 13.7. The Balaban J connectivity index is 1.14. The van der Waals surface area contributed by atoms with Gasteiger partial charge >= 0.3 is 12.4 Å². The maximum atomic E-state index is 12.7. The molecule has 2 saturated heterocycles. The Kier molecular flexibility index (Phi) is 8.95. The molecule has 6 N–H and O–H groups in total. The number of aliphatic hydroxyl groups excluding tert-OH is 2. The van der Waals surface area contributed by atoms with Crippen molar-refractivity contribution in [2.24, 2.45) is 0 Å². The maximum Gasteiger partial charge on any atom is 0.330 e. The van der Waals surface area contributed by atoms with Gasteiger partial charge in [-0.3, -0.25) is 18.9 Å². The van der Waals surface area contributed by atoms with Crippen LogP contribution in [0.2, 0.25) is 0 Å². The smallest absolute Gasteiger partial charge is 0.330 e. The lowest BCUT2D eigenvalue weighted by Gasteiger charge is -2.24. The van der Waals surface area contributed by atoms with E-state index in [2.05, 4.69) is 19.9 Å². The van der Waals surface area contributed by atoms with Gasteiger partial charge in [0.2, 0.25) is 0 Å². The number of H-pyrrole nitrogens is 1. The number of ether oxygens (including phenoxy) is 3. The standard InChI is InChI=1S/C26H30N7O10PS/c1-39-21-20(35)17(42-25(21)33-12-30-19-22(27)28-11-29-23(19)33)10-40-44(38,45)43-15-7-18(41-16(15)9-34)32-8-14(24(36)31-26(32)37)13-5-3-2-4-6-13/h2-6,8,11-12,15-18,20-21,25,34-35H,7,9-10H2,1H3,(H,38,45)(H2,27,28,29)(H,31,36,37)/t15?,16-,17-,18-,20?,21+,25-,44?/m1/s1. The number of imidazole rings is 1. The van der Waals surface area contributed by atoms with Gasteiger partial charge in [-0.2, -0.15) is 0 Å². The van der Waals surface area contributed by atoms with Crippen LogP contribution in [0.15, 0.2) is 58.8 Å². The highest BCUT2D eigenvalue weighted by molar-refractivity contribution is 8.07. The Morgan fingerprint density at radius 1 is 1.16 bits per heavy atom. The average Bonchev–Trinajstić information content (AvgIpc) is 3.71. The van der Waals surface area contributed by atoms with E-state index in [4.69, 9.17) is 40.8 Å². The number of hydrogen-bond acceptors (Lipinski definition) is 14. The van der Waals surface area contributed by atoms with Crippen LogP contribution in [0.3, 0.4) is 0 Å². The van der Waals surface area contributed by atoms with E-state index >= 15 is 0 Å². The van der Waals surface area contributed by atoms with Gasteiger partial charge in [0.25, 0.3) is 5.56 Å². The quantitative estimate of drug-likeness (QED) is 0.138. The van der Waals surface area contributed by atoms with E-state index in [0.29, 0.717) is 16.7 Å². The third-order valence-electron chi connectivity index (χ3n) is 7.64. The molecule has 19 heteroatoms. The third kappa shape index (κ3) is 6.22. The Labute approximate surface area is 259 Å². The van der Waals surface area contributed by atoms with E-state index in [-0.39, 0.29) is 24.4 Å². The largest absolute Gasteiger partial charge is 0.394 e. The zero-order chi connectivity index (χ0) is 31.9. The molecule has 5 heterocycles. The van der Waals surface area contributed by atoms with Crippen molar-refractivity contribution < 1.29 is 38.4 Å². The highest BCUT2D eigenvalue weighted by Gasteiger charge is 2.47. The van der Waals surface area contributed by atoms with Crippen molar-refractivity contribution in [3.8, 4) is 11.1 Å². The van der Waals surface area contributed by atoms with Crippen molar-refractivity contribution in [1.82, 2.24) is 29.1 Å². The molecular formula is C26H30N7O10PS. The summed E-state index contributed by atoms with van der Waals surface area (Å²) < 4.78 is 31.4. The second-order valence-electron chi connectivity index (χ2n) is 10.4. The molecule has 17 nitrogen and oxygen atoms in total. The van der Waals surface area contributed by atoms with Crippen LogP contribution in [0, 0.1) is 0 Å². The third-order valence-corrected chi connectivity index (χ3v) is 9.23. The van der Waals surface area contributed by atoms with E-state index < -0.39 is 67.6 Å². The number of nitrogens with one attached hydrogen (secondary N) is 1. The minimum atomic E-state index is -4.01. The number of aromatic nitrogens is 6. The number of aromatic amines is 1. The first-order valence-corrected chi connectivity index (χ1v) is 16.3. The number of benzene rings is 1. The molecule has 0 saturated carbocycles. The zero-order valence-electron chi connectivity index (χ0n) is 23.6. The summed E-state index contributed by atoms with van der Waals surface area (Å²) >= 11 is 5.24. The Hall–Kier alpha value is -3.42. The number of rotatable bonds is 10. The van der Waals surface area contributed by atoms with Gasteiger partial charge < -0.3 is 44.1 Å². The molecule has 0 amide bonds. The number of hydrogen-bond donors (Lipinski definition) is 5. The summed E-state index contributed by atoms with van der Waals surface area (Å²) in [5, 5.41) is 20.9. The van der Waals surface area contributed by atoms with Gasteiger partial charge in [-0.25, -0.2) is 19.7 Å². The molecule has 45 heavy (non-hydrogen) atoms. The second kappa shape index (κ2) is 12.8. The summed E-state index contributed by atoms with van der Waals surface area (Å²) in [5.74, 6) is 0.172. The van der Waals surface area contributed by atoms with Crippen molar-refractivity contribution in [2.75, 3.05) is 26.1 Å². The van der Waals surface area contributed by atoms with E-state index in [9.17, 15) is 24.7 Å². The monoisotopic (exact) mass is 663 g/mol.